The van der Waals surface area contributed by atoms with Crippen molar-refractivity contribution in [1.29, 1.82) is 0 Å². The molecular weight excluding hydrogens is 236 g/mol. The summed E-state index contributed by atoms with van der Waals surface area (Å²) >= 11 is 0. The maximum atomic E-state index is 5.81. The molecule has 0 fully saturated rings. The highest BCUT2D eigenvalue weighted by Crippen LogP contribution is 2.11. The lowest BCUT2D eigenvalue weighted by Crippen LogP contribution is -2.32. The van der Waals surface area contributed by atoms with Crippen molar-refractivity contribution in [3.63, 3.8) is 0 Å². The summed E-state index contributed by atoms with van der Waals surface area (Å²) in [5.74, 6) is 0.461. The minimum Gasteiger partial charge on any atom is -0.370 e. The number of benzene rings is 1. The molecule has 0 bridgehead atoms. The minimum atomic E-state index is 0.461. The third-order valence-corrected chi connectivity index (χ3v) is 2.60. The van der Waals surface area contributed by atoms with E-state index in [0.29, 0.717) is 19.0 Å². The van der Waals surface area contributed by atoms with E-state index in [1.807, 2.05) is 13.0 Å². The SMILES string of the molecule is C=C(C)CNC(N)=NCc1ccccc1CN(C)C. The number of nitrogens with two attached hydrogens (primary N) is 1. The van der Waals surface area contributed by atoms with Crippen LogP contribution in [0, 0.1) is 0 Å². The Hall–Kier alpha value is -1.81. The van der Waals surface area contributed by atoms with Gasteiger partial charge in [0.25, 0.3) is 0 Å². The summed E-state index contributed by atoms with van der Waals surface area (Å²) in [4.78, 5) is 6.50. The van der Waals surface area contributed by atoms with Crippen LogP contribution in [0.2, 0.25) is 0 Å². The molecule has 0 saturated heterocycles. The Balaban J connectivity index is 2.66. The van der Waals surface area contributed by atoms with Gasteiger partial charge in [0, 0.05) is 13.1 Å². The van der Waals surface area contributed by atoms with Crippen LogP contribution in [0.1, 0.15) is 18.1 Å². The normalized spacial score (nSPS) is 11.7. The van der Waals surface area contributed by atoms with E-state index in [2.05, 4.69) is 54.1 Å². The summed E-state index contributed by atoms with van der Waals surface area (Å²) in [5, 5.41) is 3.03. The van der Waals surface area contributed by atoms with E-state index in [1.165, 1.54) is 11.1 Å². The number of aliphatic imine (C=N–C) groups is 1. The molecule has 3 N–H and O–H groups in total. The number of hydrogen-bond donors (Lipinski definition) is 2. The van der Waals surface area contributed by atoms with Gasteiger partial charge in [-0.2, -0.15) is 0 Å². The lowest BCUT2D eigenvalue weighted by Gasteiger charge is -2.13. The first-order valence-corrected chi connectivity index (χ1v) is 6.38. The van der Waals surface area contributed by atoms with Crippen molar-refractivity contribution < 1.29 is 0 Å². The summed E-state index contributed by atoms with van der Waals surface area (Å²) in [6.07, 6.45) is 0. The molecule has 0 saturated carbocycles. The van der Waals surface area contributed by atoms with Crippen molar-refractivity contribution in [1.82, 2.24) is 10.2 Å². The van der Waals surface area contributed by atoms with Crippen LogP contribution in [0.5, 0.6) is 0 Å². The maximum Gasteiger partial charge on any atom is 0.189 e. The largest absolute Gasteiger partial charge is 0.370 e. The lowest BCUT2D eigenvalue weighted by molar-refractivity contribution is 0.401. The second-order valence-electron chi connectivity index (χ2n) is 5.02. The first-order chi connectivity index (χ1) is 8.99. The average molecular weight is 260 g/mol. The van der Waals surface area contributed by atoms with E-state index in [0.717, 1.165) is 12.1 Å². The van der Waals surface area contributed by atoms with Crippen LogP contribution in [0.15, 0.2) is 41.4 Å². The average Bonchev–Trinajstić information content (AvgIpc) is 2.34. The van der Waals surface area contributed by atoms with Crippen molar-refractivity contribution >= 4 is 5.96 Å². The highest BCUT2D eigenvalue weighted by Gasteiger charge is 2.02. The van der Waals surface area contributed by atoms with Gasteiger partial charge in [-0.25, -0.2) is 4.99 Å². The van der Waals surface area contributed by atoms with E-state index in [9.17, 15) is 0 Å². The molecule has 4 heteroatoms. The fourth-order valence-electron chi connectivity index (χ4n) is 1.67. The van der Waals surface area contributed by atoms with Gasteiger partial charge >= 0.3 is 0 Å². The van der Waals surface area contributed by atoms with Gasteiger partial charge in [0.1, 0.15) is 0 Å². The van der Waals surface area contributed by atoms with Crippen LogP contribution in [0.4, 0.5) is 0 Å². The number of rotatable bonds is 6. The number of guanidine groups is 1. The van der Waals surface area contributed by atoms with E-state index < -0.39 is 0 Å². The van der Waals surface area contributed by atoms with Crippen LogP contribution in [-0.2, 0) is 13.1 Å². The molecule has 0 aliphatic rings. The maximum absolute atomic E-state index is 5.81. The monoisotopic (exact) mass is 260 g/mol. The molecule has 0 heterocycles. The number of hydrogen-bond acceptors (Lipinski definition) is 2. The van der Waals surface area contributed by atoms with Crippen LogP contribution in [0.25, 0.3) is 0 Å². The standard InChI is InChI=1S/C15H24N4/c1-12(2)9-17-15(16)18-10-13-7-5-6-8-14(13)11-19(3)4/h5-8H,1,9-11H2,2-4H3,(H3,16,17,18). The van der Waals surface area contributed by atoms with Gasteiger partial charge in [0.05, 0.1) is 6.54 Å². The summed E-state index contributed by atoms with van der Waals surface area (Å²) in [6.45, 7) is 7.93. The number of nitrogens with one attached hydrogen (secondary N) is 1. The van der Waals surface area contributed by atoms with Crippen molar-refractivity contribution in [2.75, 3.05) is 20.6 Å². The molecule has 4 nitrogen and oxygen atoms in total. The van der Waals surface area contributed by atoms with Gasteiger partial charge in [0.15, 0.2) is 5.96 Å². The highest BCUT2D eigenvalue weighted by molar-refractivity contribution is 5.78. The number of nitrogens with zero attached hydrogens (tertiary/aromatic N) is 2. The van der Waals surface area contributed by atoms with Crippen molar-refractivity contribution in [3.05, 3.63) is 47.5 Å². The van der Waals surface area contributed by atoms with Gasteiger partial charge in [-0.3, -0.25) is 0 Å². The first kappa shape index (κ1) is 15.2. The second-order valence-corrected chi connectivity index (χ2v) is 5.02. The van der Waals surface area contributed by atoms with E-state index >= 15 is 0 Å². The Morgan fingerprint density at radius 3 is 2.53 bits per heavy atom. The molecule has 0 spiro atoms. The Morgan fingerprint density at radius 1 is 1.32 bits per heavy atom. The van der Waals surface area contributed by atoms with Crippen molar-refractivity contribution in [3.8, 4) is 0 Å². The van der Waals surface area contributed by atoms with E-state index in [4.69, 9.17) is 5.73 Å². The zero-order valence-electron chi connectivity index (χ0n) is 12.1. The van der Waals surface area contributed by atoms with Crippen molar-refractivity contribution in [2.24, 2.45) is 10.7 Å². The van der Waals surface area contributed by atoms with E-state index in [1.54, 1.807) is 0 Å². The molecule has 1 aromatic rings. The lowest BCUT2D eigenvalue weighted by atomic mass is 10.1. The van der Waals surface area contributed by atoms with Gasteiger partial charge in [-0.15, -0.1) is 0 Å². The Bertz CT molecular complexity index is 449. The molecule has 104 valence electrons. The fourth-order valence-corrected chi connectivity index (χ4v) is 1.67. The molecule has 1 aromatic carbocycles. The third kappa shape index (κ3) is 6.06. The molecule has 0 amide bonds. The highest BCUT2D eigenvalue weighted by atomic mass is 15.1. The second kappa shape index (κ2) is 7.59. The van der Waals surface area contributed by atoms with Crippen LogP contribution in [0.3, 0.4) is 0 Å². The molecule has 19 heavy (non-hydrogen) atoms. The fraction of sp³-hybridized carbons (Fsp3) is 0.400. The minimum absolute atomic E-state index is 0.461. The van der Waals surface area contributed by atoms with Gasteiger partial charge in [0.2, 0.25) is 0 Å². The molecule has 0 aliphatic carbocycles. The topological polar surface area (TPSA) is 53.6 Å². The summed E-state index contributed by atoms with van der Waals surface area (Å²) in [6, 6.07) is 8.30. The molecule has 1 rings (SSSR count). The molecule has 0 aliphatic heterocycles. The summed E-state index contributed by atoms with van der Waals surface area (Å²) in [5.41, 5.74) is 9.33. The van der Waals surface area contributed by atoms with Gasteiger partial charge in [-0.1, -0.05) is 36.4 Å². The predicted octanol–water partition coefficient (Wildman–Crippen LogP) is 1.73. The predicted molar refractivity (Wildman–Crippen MR) is 82.0 cm³/mol. The molecule has 0 aromatic heterocycles. The van der Waals surface area contributed by atoms with Gasteiger partial charge in [-0.05, 0) is 32.1 Å². The van der Waals surface area contributed by atoms with Crippen molar-refractivity contribution in [2.45, 2.75) is 20.0 Å². The molecule has 0 radical (unpaired) electrons. The molecular formula is C15H24N4. The Labute approximate surface area is 116 Å². The third-order valence-electron chi connectivity index (χ3n) is 2.60. The zero-order chi connectivity index (χ0) is 14.3. The quantitative estimate of drug-likeness (QED) is 0.465. The molecule has 0 unspecified atom stereocenters. The van der Waals surface area contributed by atoms with Crippen LogP contribution < -0.4 is 11.1 Å². The van der Waals surface area contributed by atoms with Gasteiger partial charge < -0.3 is 16.0 Å². The van der Waals surface area contributed by atoms with Crippen LogP contribution >= 0.6 is 0 Å². The Morgan fingerprint density at radius 2 is 1.95 bits per heavy atom. The van der Waals surface area contributed by atoms with Crippen LogP contribution in [-0.4, -0.2) is 31.5 Å². The summed E-state index contributed by atoms with van der Waals surface area (Å²) < 4.78 is 0. The smallest absolute Gasteiger partial charge is 0.189 e. The molecule has 0 atom stereocenters. The summed E-state index contributed by atoms with van der Waals surface area (Å²) in [7, 11) is 4.12. The Kier molecular flexibility index (Phi) is 6.09. The van der Waals surface area contributed by atoms with E-state index in [-0.39, 0.29) is 0 Å². The first-order valence-electron chi connectivity index (χ1n) is 6.38. The zero-order valence-corrected chi connectivity index (χ0v) is 12.1.